The minimum Gasteiger partial charge on any atom is -0.494 e. The van der Waals surface area contributed by atoms with Crippen molar-refractivity contribution in [2.75, 3.05) is 20.2 Å². The Bertz CT molecular complexity index is 979. The van der Waals surface area contributed by atoms with Crippen LogP contribution in [0.4, 0.5) is 9.18 Å². The van der Waals surface area contributed by atoms with Crippen LogP contribution in [-0.2, 0) is 16.7 Å². The van der Waals surface area contributed by atoms with Gasteiger partial charge in [-0.3, -0.25) is 0 Å². The van der Waals surface area contributed by atoms with Crippen LogP contribution in [0.2, 0.25) is 0 Å². The molecule has 30 heavy (non-hydrogen) atoms. The lowest BCUT2D eigenvalue weighted by Crippen LogP contribution is -2.41. The summed E-state index contributed by atoms with van der Waals surface area (Å²) in [5, 5.41) is 2.77. The maximum absolute atomic E-state index is 13.9. The Hall–Kier alpha value is -2.81. The molecule has 164 valence electrons. The Balaban J connectivity index is 2.21. The maximum Gasteiger partial charge on any atom is 0.339 e. The molecule has 7 nitrogen and oxygen atoms in total. The number of hydrogen-bond donors (Lipinski definition) is 1. The van der Waals surface area contributed by atoms with Crippen molar-refractivity contribution in [3.8, 4) is 11.5 Å². The first kappa shape index (κ1) is 23.5. The zero-order chi connectivity index (χ0) is 22.3. The van der Waals surface area contributed by atoms with Gasteiger partial charge in [0.05, 0.1) is 7.11 Å². The molecule has 0 aliphatic heterocycles. The second-order valence-corrected chi connectivity index (χ2v) is 8.64. The zero-order valence-corrected chi connectivity index (χ0v) is 18.3. The smallest absolute Gasteiger partial charge is 0.339 e. The molecule has 0 bridgehead atoms. The Kier molecular flexibility index (Phi) is 8.05. The molecule has 0 heterocycles. The molecule has 0 fully saturated rings. The molecule has 0 saturated heterocycles. The Morgan fingerprint density at radius 2 is 1.93 bits per heavy atom. The summed E-state index contributed by atoms with van der Waals surface area (Å²) in [6.07, 6.45) is 0. The fourth-order valence-electron chi connectivity index (χ4n) is 2.82. The number of carbonyl (C=O) groups is 1. The van der Waals surface area contributed by atoms with Crippen LogP contribution in [0.15, 0.2) is 47.4 Å². The lowest BCUT2D eigenvalue weighted by molar-refractivity contribution is 0.188. The number of halogens is 1. The van der Waals surface area contributed by atoms with Crippen molar-refractivity contribution in [1.82, 2.24) is 10.2 Å². The second-order valence-electron chi connectivity index (χ2n) is 7.09. The van der Waals surface area contributed by atoms with Gasteiger partial charge in [0.25, 0.3) is 0 Å². The molecule has 2 aromatic rings. The third kappa shape index (κ3) is 6.35. The number of rotatable bonds is 9. The van der Waals surface area contributed by atoms with Gasteiger partial charge in [0.2, 0.25) is 0 Å². The lowest BCUT2D eigenvalue weighted by atomic mass is 10.1. The second kappa shape index (κ2) is 10.3. The SMILES string of the molecule is CCNC(=O)N(Cc1cccc(OS(=O)(=O)c2ccc(OC)c(F)c2)c1)CC(C)C. The summed E-state index contributed by atoms with van der Waals surface area (Å²) in [5.74, 6) is -0.532. The van der Waals surface area contributed by atoms with Gasteiger partial charge in [-0.2, -0.15) is 8.42 Å². The van der Waals surface area contributed by atoms with E-state index in [0.29, 0.717) is 25.2 Å². The molecular weight excluding hydrogens is 411 g/mol. The van der Waals surface area contributed by atoms with Crippen LogP contribution >= 0.6 is 0 Å². The molecule has 9 heteroatoms. The first-order chi connectivity index (χ1) is 14.2. The van der Waals surface area contributed by atoms with Crippen molar-refractivity contribution < 1.29 is 26.5 Å². The van der Waals surface area contributed by atoms with Gasteiger partial charge in [-0.15, -0.1) is 0 Å². The Morgan fingerprint density at radius 3 is 2.53 bits per heavy atom. The van der Waals surface area contributed by atoms with Gasteiger partial charge in [0, 0.05) is 19.6 Å². The van der Waals surface area contributed by atoms with Gasteiger partial charge in [-0.25, -0.2) is 9.18 Å². The van der Waals surface area contributed by atoms with E-state index in [-0.39, 0.29) is 28.3 Å². The normalized spacial score (nSPS) is 11.3. The molecule has 2 amide bonds. The van der Waals surface area contributed by atoms with Gasteiger partial charge < -0.3 is 19.1 Å². The number of urea groups is 1. The molecule has 2 rings (SSSR count). The molecular formula is C21H27FN2O5S. The maximum atomic E-state index is 13.9. The molecule has 0 aliphatic carbocycles. The third-order valence-corrected chi connectivity index (χ3v) is 5.33. The number of carbonyl (C=O) groups excluding carboxylic acids is 1. The predicted octanol–water partition coefficient (Wildman–Crippen LogP) is 3.79. The molecule has 1 N–H and O–H groups in total. The number of methoxy groups -OCH3 is 1. The van der Waals surface area contributed by atoms with E-state index in [1.807, 2.05) is 20.8 Å². The van der Waals surface area contributed by atoms with E-state index in [0.717, 1.165) is 6.07 Å². The van der Waals surface area contributed by atoms with Crippen LogP contribution in [0.3, 0.4) is 0 Å². The van der Waals surface area contributed by atoms with Gasteiger partial charge >= 0.3 is 16.1 Å². The van der Waals surface area contributed by atoms with E-state index in [1.54, 1.807) is 23.1 Å². The lowest BCUT2D eigenvalue weighted by Gasteiger charge is -2.25. The van der Waals surface area contributed by atoms with Gasteiger partial charge in [-0.1, -0.05) is 26.0 Å². The zero-order valence-electron chi connectivity index (χ0n) is 17.5. The van der Waals surface area contributed by atoms with E-state index < -0.39 is 15.9 Å². The highest BCUT2D eigenvalue weighted by Crippen LogP contribution is 2.24. The van der Waals surface area contributed by atoms with Crippen molar-refractivity contribution in [1.29, 1.82) is 0 Å². The minimum absolute atomic E-state index is 0.0634. The topological polar surface area (TPSA) is 84.9 Å². The standard InChI is InChI=1S/C21H27FN2O5S/c1-5-23-21(25)24(13-15(2)3)14-16-7-6-8-17(11-16)29-30(26,27)18-9-10-20(28-4)19(22)12-18/h6-12,15H,5,13-14H2,1-4H3,(H,23,25). The number of nitrogens with one attached hydrogen (secondary N) is 1. The summed E-state index contributed by atoms with van der Waals surface area (Å²) in [5.41, 5.74) is 0.704. The fraction of sp³-hybridized carbons (Fsp3) is 0.381. The molecule has 0 unspecified atom stereocenters. The van der Waals surface area contributed by atoms with E-state index >= 15 is 0 Å². The number of nitrogens with zero attached hydrogens (tertiary/aromatic N) is 1. The van der Waals surface area contributed by atoms with Crippen LogP contribution in [0.25, 0.3) is 0 Å². The van der Waals surface area contributed by atoms with Crippen LogP contribution in [0.5, 0.6) is 11.5 Å². The summed E-state index contributed by atoms with van der Waals surface area (Å²) < 4.78 is 48.9. The number of ether oxygens (including phenoxy) is 1. The first-order valence-electron chi connectivity index (χ1n) is 9.56. The van der Waals surface area contributed by atoms with Crippen molar-refractivity contribution in [3.05, 3.63) is 53.8 Å². The number of benzene rings is 2. The van der Waals surface area contributed by atoms with Gasteiger partial charge in [0.1, 0.15) is 10.6 Å². The van der Waals surface area contributed by atoms with Crippen molar-refractivity contribution >= 4 is 16.1 Å². The van der Waals surface area contributed by atoms with E-state index in [2.05, 4.69) is 5.32 Å². The Morgan fingerprint density at radius 1 is 1.20 bits per heavy atom. The van der Waals surface area contributed by atoms with Crippen LogP contribution in [0.1, 0.15) is 26.3 Å². The minimum atomic E-state index is -4.24. The number of amides is 2. The summed E-state index contributed by atoms with van der Waals surface area (Å²) >= 11 is 0. The van der Waals surface area contributed by atoms with E-state index in [9.17, 15) is 17.6 Å². The highest BCUT2D eigenvalue weighted by molar-refractivity contribution is 7.87. The Labute approximate surface area is 176 Å². The van der Waals surface area contributed by atoms with Crippen LogP contribution in [0, 0.1) is 11.7 Å². The first-order valence-corrected chi connectivity index (χ1v) is 11.0. The monoisotopic (exact) mass is 438 g/mol. The highest BCUT2D eigenvalue weighted by Gasteiger charge is 2.20. The molecule has 0 aromatic heterocycles. The quantitative estimate of drug-likeness (QED) is 0.602. The van der Waals surface area contributed by atoms with Gasteiger partial charge in [0.15, 0.2) is 11.6 Å². The van der Waals surface area contributed by atoms with Crippen LogP contribution in [-0.4, -0.2) is 39.5 Å². The highest BCUT2D eigenvalue weighted by atomic mass is 32.2. The average Bonchev–Trinajstić information content (AvgIpc) is 2.67. The van der Waals surface area contributed by atoms with Crippen molar-refractivity contribution in [2.45, 2.75) is 32.2 Å². The summed E-state index contributed by atoms with van der Waals surface area (Å²) in [6, 6.07) is 9.53. The molecule has 0 radical (unpaired) electrons. The fourth-order valence-corrected chi connectivity index (χ4v) is 3.75. The number of hydrogen-bond acceptors (Lipinski definition) is 5. The molecule has 0 spiro atoms. The van der Waals surface area contributed by atoms with E-state index in [1.165, 1.54) is 25.3 Å². The molecule has 2 aromatic carbocycles. The molecule has 0 saturated carbocycles. The summed E-state index contributed by atoms with van der Waals surface area (Å²) in [4.78, 5) is 13.6. The molecule has 0 aliphatic rings. The van der Waals surface area contributed by atoms with Crippen molar-refractivity contribution in [3.63, 3.8) is 0 Å². The summed E-state index contributed by atoms with van der Waals surface area (Å²) in [6.45, 7) is 7.19. The predicted molar refractivity (Wildman–Crippen MR) is 112 cm³/mol. The summed E-state index contributed by atoms with van der Waals surface area (Å²) in [7, 11) is -2.95. The molecule has 0 atom stereocenters. The average molecular weight is 439 g/mol. The van der Waals surface area contributed by atoms with Crippen LogP contribution < -0.4 is 14.2 Å². The van der Waals surface area contributed by atoms with Gasteiger partial charge in [-0.05, 0) is 48.7 Å². The largest absolute Gasteiger partial charge is 0.494 e. The third-order valence-electron chi connectivity index (χ3n) is 4.09. The van der Waals surface area contributed by atoms with E-state index in [4.69, 9.17) is 8.92 Å². The van der Waals surface area contributed by atoms with Crippen molar-refractivity contribution in [2.24, 2.45) is 5.92 Å².